The van der Waals surface area contributed by atoms with Gasteiger partial charge in [0, 0.05) is 24.9 Å². The number of amides is 1. The first kappa shape index (κ1) is 19.4. The number of thiophene rings is 1. The molecule has 1 heterocycles. The monoisotopic (exact) mass is 378 g/mol. The van der Waals surface area contributed by atoms with Crippen molar-refractivity contribution in [2.24, 2.45) is 0 Å². The van der Waals surface area contributed by atoms with Crippen LogP contribution >= 0.6 is 11.3 Å². The second-order valence-electron chi connectivity index (χ2n) is 5.52. The van der Waals surface area contributed by atoms with E-state index >= 15 is 0 Å². The molecular weight excluding hydrogens is 356 g/mol. The fourth-order valence-electron chi connectivity index (χ4n) is 2.28. The van der Waals surface area contributed by atoms with Gasteiger partial charge in [-0.25, -0.2) is 8.42 Å². The predicted molar refractivity (Wildman–Crippen MR) is 101 cm³/mol. The smallest absolute Gasteiger partial charge is 0.252 e. The van der Waals surface area contributed by atoms with E-state index in [0.29, 0.717) is 19.5 Å². The van der Waals surface area contributed by atoms with Gasteiger partial charge in [-0.3, -0.25) is 4.79 Å². The lowest BCUT2D eigenvalue weighted by Gasteiger charge is -2.19. The van der Waals surface area contributed by atoms with E-state index in [1.807, 2.05) is 30.3 Å². The van der Waals surface area contributed by atoms with Crippen LogP contribution in [0.25, 0.3) is 0 Å². The molecule has 25 heavy (non-hydrogen) atoms. The average Bonchev–Trinajstić information content (AvgIpc) is 3.07. The summed E-state index contributed by atoms with van der Waals surface area (Å²) < 4.78 is 27.5. The highest BCUT2D eigenvalue weighted by Gasteiger charge is 2.25. The average molecular weight is 379 g/mol. The van der Waals surface area contributed by atoms with Crippen LogP contribution in [0.2, 0.25) is 0 Å². The largest absolute Gasteiger partial charge is 0.351 e. The van der Waals surface area contributed by atoms with Crippen molar-refractivity contribution in [3.63, 3.8) is 0 Å². The van der Waals surface area contributed by atoms with E-state index in [4.69, 9.17) is 0 Å². The zero-order valence-electron chi connectivity index (χ0n) is 14.1. The number of hydrogen-bond acceptors (Lipinski definition) is 4. The minimum absolute atomic E-state index is 0.144. The molecule has 134 valence electrons. The predicted octanol–water partition coefficient (Wildman–Crippen LogP) is 2.80. The van der Waals surface area contributed by atoms with Gasteiger partial charge in [0.2, 0.25) is 5.91 Å². The van der Waals surface area contributed by atoms with Crippen molar-refractivity contribution in [3.05, 3.63) is 65.6 Å². The number of sulfonamides is 1. The summed E-state index contributed by atoms with van der Waals surface area (Å²) in [7, 11) is -3.58. The lowest BCUT2D eigenvalue weighted by Crippen LogP contribution is -2.32. The fraction of sp³-hybridized carbons (Fsp3) is 0.278. The summed E-state index contributed by atoms with van der Waals surface area (Å²) in [5.41, 5.74) is 1.09. The van der Waals surface area contributed by atoms with E-state index in [0.717, 1.165) is 10.4 Å². The quantitative estimate of drug-likeness (QED) is 0.683. The molecule has 2 rings (SSSR count). The van der Waals surface area contributed by atoms with E-state index in [1.165, 1.54) is 22.6 Å². The molecule has 0 unspecified atom stereocenters. The van der Waals surface area contributed by atoms with Gasteiger partial charge < -0.3 is 5.32 Å². The maximum Gasteiger partial charge on any atom is 0.252 e. The molecule has 0 bridgehead atoms. The lowest BCUT2D eigenvalue weighted by atomic mass is 10.1. The Morgan fingerprint density at radius 2 is 1.96 bits per heavy atom. The molecule has 7 heteroatoms. The van der Waals surface area contributed by atoms with Gasteiger partial charge in [-0.1, -0.05) is 36.4 Å². The molecular formula is C18H22N2O3S2. The fourth-order valence-corrected chi connectivity index (χ4v) is 5.14. The van der Waals surface area contributed by atoms with Crippen LogP contribution in [0.4, 0.5) is 0 Å². The zero-order chi connectivity index (χ0) is 18.3. The Labute approximate surface area is 153 Å². The summed E-state index contributed by atoms with van der Waals surface area (Å²) >= 11 is 1.18. The molecule has 2 aromatic rings. The van der Waals surface area contributed by atoms with Crippen LogP contribution in [-0.4, -0.2) is 31.7 Å². The van der Waals surface area contributed by atoms with Crippen LogP contribution in [0.3, 0.4) is 0 Å². The summed E-state index contributed by atoms with van der Waals surface area (Å²) in [6, 6.07) is 13.1. The summed E-state index contributed by atoms with van der Waals surface area (Å²) in [5.74, 6) is -0.144. The second kappa shape index (κ2) is 8.94. The van der Waals surface area contributed by atoms with Crippen molar-refractivity contribution in [1.82, 2.24) is 9.62 Å². The molecule has 5 nitrogen and oxygen atoms in total. The number of nitrogens with zero attached hydrogens (tertiary/aromatic N) is 1. The maximum atomic E-state index is 12.9. The Kier molecular flexibility index (Phi) is 6.92. The molecule has 0 aliphatic carbocycles. The molecule has 0 saturated carbocycles. The van der Waals surface area contributed by atoms with Gasteiger partial charge in [0.05, 0.1) is 6.54 Å². The van der Waals surface area contributed by atoms with Gasteiger partial charge in [0.25, 0.3) is 10.0 Å². The van der Waals surface area contributed by atoms with Crippen LogP contribution in [0.5, 0.6) is 0 Å². The van der Waals surface area contributed by atoms with Crippen LogP contribution in [0.15, 0.2) is 59.3 Å². The number of benzene rings is 1. The number of hydrogen-bond donors (Lipinski definition) is 1. The number of rotatable bonds is 9. The first-order valence-corrected chi connectivity index (χ1v) is 10.2. The Morgan fingerprint density at radius 3 is 2.60 bits per heavy atom. The zero-order valence-corrected chi connectivity index (χ0v) is 15.8. The molecule has 0 radical (unpaired) electrons. The van der Waals surface area contributed by atoms with Gasteiger partial charge in [-0.05, 0) is 24.1 Å². The van der Waals surface area contributed by atoms with Crippen molar-refractivity contribution in [1.29, 1.82) is 0 Å². The highest BCUT2D eigenvalue weighted by atomic mass is 32.2. The third kappa shape index (κ3) is 5.52. The Morgan fingerprint density at radius 1 is 1.24 bits per heavy atom. The standard InChI is InChI=1S/C18H22N2O3S2/c1-3-12-20(13-11-16-7-5-4-6-8-16)25(22,23)18-10-9-17(24-18)14-19-15(2)21/h3-10H,1,11-14H2,2H3,(H,19,21). The molecule has 1 N–H and O–H groups in total. The van der Waals surface area contributed by atoms with Gasteiger partial charge in [-0.15, -0.1) is 17.9 Å². The maximum absolute atomic E-state index is 12.9. The topological polar surface area (TPSA) is 66.5 Å². The molecule has 0 atom stereocenters. The van der Waals surface area contributed by atoms with Crippen molar-refractivity contribution in [2.75, 3.05) is 13.1 Å². The van der Waals surface area contributed by atoms with Gasteiger partial charge in [0.1, 0.15) is 4.21 Å². The lowest BCUT2D eigenvalue weighted by molar-refractivity contribution is -0.119. The van der Waals surface area contributed by atoms with Gasteiger partial charge in [-0.2, -0.15) is 4.31 Å². The molecule has 0 spiro atoms. The van der Waals surface area contributed by atoms with Gasteiger partial charge in [0.15, 0.2) is 0 Å². The molecule has 1 aromatic heterocycles. The SMILES string of the molecule is C=CCN(CCc1ccccc1)S(=O)(=O)c1ccc(CNC(C)=O)s1. The van der Waals surface area contributed by atoms with Crippen LogP contribution in [-0.2, 0) is 27.8 Å². The third-order valence-electron chi connectivity index (χ3n) is 3.57. The molecule has 0 fully saturated rings. The Balaban J connectivity index is 2.12. The van der Waals surface area contributed by atoms with Crippen LogP contribution in [0, 0.1) is 0 Å². The summed E-state index contributed by atoms with van der Waals surface area (Å²) in [6.45, 7) is 6.08. The van der Waals surface area contributed by atoms with E-state index in [9.17, 15) is 13.2 Å². The number of carbonyl (C=O) groups is 1. The molecule has 1 aromatic carbocycles. The van der Waals surface area contributed by atoms with Crippen LogP contribution in [0.1, 0.15) is 17.4 Å². The van der Waals surface area contributed by atoms with Crippen molar-refractivity contribution < 1.29 is 13.2 Å². The summed E-state index contributed by atoms with van der Waals surface area (Å²) in [6.07, 6.45) is 2.23. The Bertz CT molecular complexity index is 814. The molecule has 1 amide bonds. The second-order valence-corrected chi connectivity index (χ2v) is 8.85. The first-order valence-electron chi connectivity index (χ1n) is 7.91. The highest BCUT2D eigenvalue weighted by molar-refractivity contribution is 7.91. The minimum atomic E-state index is -3.58. The Hall–Kier alpha value is -1.96. The normalized spacial score (nSPS) is 11.4. The van der Waals surface area contributed by atoms with E-state index in [-0.39, 0.29) is 16.7 Å². The highest BCUT2D eigenvalue weighted by Crippen LogP contribution is 2.25. The van der Waals surface area contributed by atoms with Crippen LogP contribution < -0.4 is 5.32 Å². The van der Waals surface area contributed by atoms with E-state index < -0.39 is 10.0 Å². The number of nitrogens with one attached hydrogen (secondary N) is 1. The van der Waals surface area contributed by atoms with Crippen molar-refractivity contribution in [2.45, 2.75) is 24.1 Å². The van der Waals surface area contributed by atoms with Crippen molar-refractivity contribution >= 4 is 27.3 Å². The molecule has 0 aliphatic rings. The first-order chi connectivity index (χ1) is 11.9. The minimum Gasteiger partial charge on any atom is -0.351 e. The van der Waals surface area contributed by atoms with E-state index in [1.54, 1.807) is 18.2 Å². The number of carbonyl (C=O) groups excluding carboxylic acids is 1. The molecule has 0 saturated heterocycles. The third-order valence-corrected chi connectivity index (χ3v) is 6.99. The summed E-state index contributed by atoms with van der Waals surface area (Å²) in [4.78, 5) is 11.8. The van der Waals surface area contributed by atoms with Gasteiger partial charge >= 0.3 is 0 Å². The van der Waals surface area contributed by atoms with E-state index in [2.05, 4.69) is 11.9 Å². The summed E-state index contributed by atoms with van der Waals surface area (Å²) in [5, 5.41) is 2.67. The van der Waals surface area contributed by atoms with Crippen molar-refractivity contribution in [3.8, 4) is 0 Å². The molecule has 0 aliphatic heterocycles.